The molecule has 4 N–H and O–H groups in total. The fourth-order valence-corrected chi connectivity index (χ4v) is 7.71. The van der Waals surface area contributed by atoms with Gasteiger partial charge in [0.05, 0.1) is 53.1 Å². The van der Waals surface area contributed by atoms with Gasteiger partial charge < -0.3 is 30.7 Å². The number of aliphatic imine (C=N–C) groups is 1. The minimum absolute atomic E-state index is 0.0336. The Morgan fingerprint density at radius 3 is 2.72 bits per heavy atom. The number of nitrogens with zero attached hydrogens (tertiary/aromatic N) is 6. The molecule has 270 valence electrons. The molecule has 2 saturated heterocycles. The van der Waals surface area contributed by atoms with Crippen LogP contribution in [0.3, 0.4) is 0 Å². The van der Waals surface area contributed by atoms with Crippen molar-refractivity contribution in [3.63, 3.8) is 0 Å². The SMILES string of the molecule is C/C(C1=NCCCN(c2nc(OCC34CCCN3C/C(=C\F)C4)nc3c2COC(c2cc(N)cc(Cl)c2C(F)(F)F)C3)C1)=C(/N)C(=O)N(C)C. The maximum atomic E-state index is 14.2. The van der Waals surface area contributed by atoms with E-state index in [1.54, 1.807) is 21.0 Å². The Morgan fingerprint density at radius 1 is 1.22 bits per heavy atom. The maximum absolute atomic E-state index is 14.2. The summed E-state index contributed by atoms with van der Waals surface area (Å²) >= 11 is 6.09. The summed E-state index contributed by atoms with van der Waals surface area (Å²) < 4.78 is 68.8. The number of ether oxygens (including phenoxy) is 2. The minimum atomic E-state index is -4.75. The first-order valence-corrected chi connectivity index (χ1v) is 16.9. The van der Waals surface area contributed by atoms with Crippen molar-refractivity contribution in [2.45, 2.75) is 63.5 Å². The third-order valence-corrected chi connectivity index (χ3v) is 10.2. The van der Waals surface area contributed by atoms with Crippen LogP contribution in [0.1, 0.15) is 61.1 Å². The van der Waals surface area contributed by atoms with Crippen LogP contribution in [0.2, 0.25) is 5.02 Å². The van der Waals surface area contributed by atoms with Gasteiger partial charge in [-0.1, -0.05) is 11.6 Å². The summed E-state index contributed by atoms with van der Waals surface area (Å²) in [6.45, 7) is 4.49. The number of carbonyl (C=O) groups is 1. The maximum Gasteiger partial charge on any atom is 0.418 e. The van der Waals surface area contributed by atoms with Crippen LogP contribution in [0.5, 0.6) is 6.01 Å². The molecule has 1 aromatic carbocycles. The van der Waals surface area contributed by atoms with E-state index in [-0.39, 0.29) is 55.0 Å². The van der Waals surface area contributed by atoms with Crippen molar-refractivity contribution in [3.05, 3.63) is 62.7 Å². The Bertz CT molecular complexity index is 1760. The standard InChI is InChI=1S/C34H41ClF4N8O3/c1-19(29(41)31(48)45(2)3)26-16-46(8-5-7-42-26)30-23-17-49-27(22-10-21(40)11-24(35)28(22)34(37,38)39)12-25(23)43-32(44-30)50-18-33-6-4-9-47(33)15-20(13-33)14-36/h10-11,14,27H,4-9,12-13,15-18,40-41H2,1-3H3/b20-14-,29-19-. The van der Waals surface area contributed by atoms with E-state index in [2.05, 4.69) is 4.90 Å². The van der Waals surface area contributed by atoms with Crippen molar-refractivity contribution < 1.29 is 31.8 Å². The lowest BCUT2D eigenvalue weighted by molar-refractivity contribution is -0.139. The fraction of sp³-hybridized carbons (Fsp3) is 0.529. The van der Waals surface area contributed by atoms with Gasteiger partial charge in [-0.15, -0.1) is 0 Å². The molecule has 0 aliphatic carbocycles. The number of nitrogen functional groups attached to an aromatic ring is 1. The summed E-state index contributed by atoms with van der Waals surface area (Å²) in [6, 6.07) is 2.36. The van der Waals surface area contributed by atoms with Crippen molar-refractivity contribution in [1.82, 2.24) is 19.8 Å². The molecule has 6 rings (SSSR count). The molecule has 4 aliphatic rings. The largest absolute Gasteiger partial charge is 0.461 e. The van der Waals surface area contributed by atoms with Gasteiger partial charge in [-0.05, 0) is 62.4 Å². The molecule has 11 nitrogen and oxygen atoms in total. The van der Waals surface area contributed by atoms with Gasteiger partial charge in [-0.2, -0.15) is 23.1 Å². The van der Waals surface area contributed by atoms with E-state index < -0.39 is 28.4 Å². The molecule has 0 saturated carbocycles. The Morgan fingerprint density at radius 2 is 2.00 bits per heavy atom. The monoisotopic (exact) mass is 720 g/mol. The van der Waals surface area contributed by atoms with Crippen LogP contribution in [0, 0.1) is 0 Å². The Kier molecular flexibility index (Phi) is 10.0. The number of hydrogen-bond acceptors (Lipinski definition) is 10. The molecule has 1 aromatic heterocycles. The number of nitrogens with two attached hydrogens (primary N) is 2. The van der Waals surface area contributed by atoms with E-state index in [0.717, 1.165) is 25.5 Å². The quantitative estimate of drug-likeness (QED) is 0.231. The van der Waals surface area contributed by atoms with Crippen molar-refractivity contribution in [3.8, 4) is 6.01 Å². The topological polar surface area (TPSA) is 135 Å². The van der Waals surface area contributed by atoms with Crippen LogP contribution in [0.25, 0.3) is 0 Å². The number of halogens is 5. The molecule has 5 heterocycles. The highest BCUT2D eigenvalue weighted by Gasteiger charge is 2.47. The molecule has 2 fully saturated rings. The lowest BCUT2D eigenvalue weighted by Gasteiger charge is -2.33. The lowest BCUT2D eigenvalue weighted by Crippen LogP contribution is -2.43. The van der Waals surface area contributed by atoms with E-state index in [9.17, 15) is 22.4 Å². The average molecular weight is 721 g/mol. The van der Waals surface area contributed by atoms with Crippen LogP contribution >= 0.6 is 11.6 Å². The van der Waals surface area contributed by atoms with Crippen LogP contribution in [-0.4, -0.2) is 90.4 Å². The Labute approximate surface area is 292 Å². The number of benzene rings is 1. The van der Waals surface area contributed by atoms with Gasteiger partial charge in [-0.3, -0.25) is 14.7 Å². The molecule has 50 heavy (non-hydrogen) atoms. The van der Waals surface area contributed by atoms with E-state index >= 15 is 0 Å². The van der Waals surface area contributed by atoms with Gasteiger partial charge in [0.1, 0.15) is 18.1 Å². The highest BCUT2D eigenvalue weighted by molar-refractivity contribution is 6.31. The van der Waals surface area contributed by atoms with Gasteiger partial charge in [0.2, 0.25) is 0 Å². The molecule has 2 unspecified atom stereocenters. The van der Waals surface area contributed by atoms with E-state index in [1.807, 2.05) is 4.90 Å². The summed E-state index contributed by atoms with van der Waals surface area (Å²) in [5.41, 5.74) is 13.7. The first-order chi connectivity index (χ1) is 23.7. The molecular formula is C34H41ClF4N8O3. The highest BCUT2D eigenvalue weighted by atomic mass is 35.5. The number of fused-ring (bicyclic) bond motifs is 2. The number of carbonyl (C=O) groups excluding carboxylic acids is 1. The summed E-state index contributed by atoms with van der Waals surface area (Å²) in [6.07, 6.45) is -2.23. The zero-order valence-electron chi connectivity index (χ0n) is 28.2. The van der Waals surface area contributed by atoms with E-state index in [0.29, 0.717) is 72.7 Å². The Balaban J connectivity index is 1.38. The third kappa shape index (κ3) is 6.99. The highest BCUT2D eigenvalue weighted by Crippen LogP contribution is 2.45. The summed E-state index contributed by atoms with van der Waals surface area (Å²) in [5.74, 6) is 0.148. The second-order valence-corrected chi connectivity index (χ2v) is 14.0. The molecule has 0 radical (unpaired) electrons. The second-order valence-electron chi connectivity index (χ2n) is 13.5. The van der Waals surface area contributed by atoms with E-state index in [1.165, 1.54) is 11.0 Å². The summed E-state index contributed by atoms with van der Waals surface area (Å²) in [4.78, 5) is 32.6. The molecule has 0 bridgehead atoms. The number of amides is 1. The number of hydrogen-bond donors (Lipinski definition) is 2. The fourth-order valence-electron chi connectivity index (χ4n) is 7.37. The first-order valence-electron chi connectivity index (χ1n) is 16.5. The van der Waals surface area contributed by atoms with Gasteiger partial charge >= 0.3 is 12.2 Å². The zero-order chi connectivity index (χ0) is 36.0. The smallest absolute Gasteiger partial charge is 0.418 e. The number of alkyl halides is 3. The van der Waals surface area contributed by atoms with Crippen molar-refractivity contribution in [2.24, 2.45) is 10.7 Å². The number of aromatic nitrogens is 2. The molecular weight excluding hydrogens is 680 g/mol. The van der Waals surface area contributed by atoms with Gasteiger partial charge in [0.25, 0.3) is 5.91 Å². The molecule has 1 amide bonds. The van der Waals surface area contributed by atoms with E-state index in [4.69, 9.17) is 47.5 Å². The normalized spacial score (nSPS) is 24.0. The molecule has 0 spiro atoms. The predicted molar refractivity (Wildman–Crippen MR) is 182 cm³/mol. The number of likely N-dealkylation sites (N-methyl/N-ethyl adjacent to an activating group) is 1. The molecule has 16 heteroatoms. The summed E-state index contributed by atoms with van der Waals surface area (Å²) in [5, 5.41) is -0.514. The number of rotatable bonds is 7. The average Bonchev–Trinajstić information content (AvgIpc) is 3.51. The molecule has 4 aliphatic heterocycles. The lowest BCUT2D eigenvalue weighted by atomic mass is 9.94. The second kappa shape index (κ2) is 14.0. The van der Waals surface area contributed by atoms with Gasteiger partial charge in [0.15, 0.2) is 0 Å². The zero-order valence-corrected chi connectivity index (χ0v) is 29.0. The van der Waals surface area contributed by atoms with Gasteiger partial charge in [-0.25, -0.2) is 4.39 Å². The van der Waals surface area contributed by atoms with Crippen molar-refractivity contribution >= 4 is 34.7 Å². The van der Waals surface area contributed by atoms with Crippen LogP contribution in [-0.2, 0) is 28.7 Å². The Hall–Kier alpha value is -3.95. The van der Waals surface area contributed by atoms with Crippen LogP contribution in [0.4, 0.5) is 29.1 Å². The van der Waals surface area contributed by atoms with Gasteiger partial charge in [0, 0.05) is 57.0 Å². The van der Waals surface area contributed by atoms with Crippen LogP contribution in [0.15, 0.2) is 40.3 Å². The minimum Gasteiger partial charge on any atom is -0.461 e. The summed E-state index contributed by atoms with van der Waals surface area (Å²) in [7, 11) is 3.23. The van der Waals surface area contributed by atoms with Crippen molar-refractivity contribution in [1.29, 1.82) is 0 Å². The van der Waals surface area contributed by atoms with Crippen LogP contribution < -0.4 is 21.1 Å². The number of anilines is 2. The first kappa shape index (κ1) is 35.9. The predicted octanol–water partition coefficient (Wildman–Crippen LogP) is 4.99. The molecule has 2 atom stereocenters. The van der Waals surface area contributed by atoms with Crippen molar-refractivity contribution in [2.75, 3.05) is 64.1 Å². The molecule has 2 aromatic rings. The third-order valence-electron chi connectivity index (χ3n) is 9.95.